The second-order valence-corrected chi connectivity index (χ2v) is 2.42. The van der Waals surface area contributed by atoms with Gasteiger partial charge in [0.15, 0.2) is 0 Å². The third-order valence-corrected chi connectivity index (χ3v) is 1.48. The van der Waals surface area contributed by atoms with Gasteiger partial charge in [0.25, 0.3) is 0 Å². The predicted octanol–water partition coefficient (Wildman–Crippen LogP) is 0.995. The number of nitrogens with one attached hydrogen (secondary N) is 1. The van der Waals surface area contributed by atoms with Gasteiger partial charge in [-0.1, -0.05) is 12.0 Å². The highest BCUT2D eigenvalue weighted by Gasteiger charge is 1.90. The van der Waals surface area contributed by atoms with Crippen LogP contribution in [0.2, 0.25) is 0 Å². The molecule has 0 saturated carbocycles. The Morgan fingerprint density at radius 1 is 1.50 bits per heavy atom. The second kappa shape index (κ2) is 4.42. The third-order valence-electron chi connectivity index (χ3n) is 1.48. The van der Waals surface area contributed by atoms with Crippen molar-refractivity contribution in [1.29, 1.82) is 0 Å². The van der Waals surface area contributed by atoms with Crippen LogP contribution in [0.15, 0.2) is 24.3 Å². The number of benzene rings is 1. The molecule has 0 unspecified atom stereocenters. The highest BCUT2D eigenvalue weighted by atomic mass is 14.9. The van der Waals surface area contributed by atoms with Crippen molar-refractivity contribution in [3.05, 3.63) is 36.3 Å². The molecule has 0 aliphatic heterocycles. The van der Waals surface area contributed by atoms with Crippen LogP contribution in [0.4, 0.5) is 5.69 Å². The Labute approximate surface area is 72.8 Å². The fourth-order valence-electron chi connectivity index (χ4n) is 0.923. The lowest BCUT2D eigenvalue weighted by Crippen LogP contribution is -2.12. The van der Waals surface area contributed by atoms with Gasteiger partial charge in [0.2, 0.25) is 0 Å². The smallest absolute Gasteiger partial charge is 0.0353 e. The molecule has 0 fully saturated rings. The highest BCUT2D eigenvalue weighted by molar-refractivity contribution is 5.49. The van der Waals surface area contributed by atoms with E-state index in [1.165, 1.54) is 0 Å². The molecule has 1 radical (unpaired) electrons. The molecule has 0 atom stereocenters. The first-order valence-electron chi connectivity index (χ1n) is 3.83. The first-order chi connectivity index (χ1) is 5.86. The summed E-state index contributed by atoms with van der Waals surface area (Å²) in [5.41, 5.74) is 7.09. The Hall–Kier alpha value is -1.46. The van der Waals surface area contributed by atoms with Gasteiger partial charge in [-0.2, -0.15) is 0 Å². The van der Waals surface area contributed by atoms with Crippen molar-refractivity contribution in [2.75, 3.05) is 18.4 Å². The Bertz CT molecular complexity index is 286. The lowest BCUT2D eigenvalue weighted by molar-refractivity contribution is 1.02. The number of anilines is 1. The number of hydrogen-bond donors (Lipinski definition) is 2. The lowest BCUT2D eigenvalue weighted by atomic mass is 10.2. The molecule has 0 saturated heterocycles. The summed E-state index contributed by atoms with van der Waals surface area (Å²) in [6.07, 6.45) is 6.91. The van der Waals surface area contributed by atoms with Crippen LogP contribution in [0.25, 0.3) is 0 Å². The molecule has 0 spiro atoms. The van der Waals surface area contributed by atoms with Gasteiger partial charge >= 0.3 is 0 Å². The quantitative estimate of drug-likeness (QED) is 0.645. The van der Waals surface area contributed by atoms with Crippen LogP contribution in [0.3, 0.4) is 0 Å². The Morgan fingerprint density at radius 2 is 2.33 bits per heavy atom. The highest BCUT2D eigenvalue weighted by Crippen LogP contribution is 2.08. The maximum Gasteiger partial charge on any atom is 0.0353 e. The van der Waals surface area contributed by atoms with Gasteiger partial charge in [0.1, 0.15) is 0 Å². The van der Waals surface area contributed by atoms with Gasteiger partial charge in [-0.25, -0.2) is 0 Å². The van der Waals surface area contributed by atoms with Crippen LogP contribution < -0.4 is 11.1 Å². The van der Waals surface area contributed by atoms with Crippen molar-refractivity contribution >= 4 is 5.69 Å². The minimum absolute atomic E-state index is 0.610. The summed E-state index contributed by atoms with van der Waals surface area (Å²) in [6.45, 7) is 1.36. The molecule has 0 amide bonds. The number of nitrogens with two attached hydrogens (primary N) is 1. The molecule has 3 N–H and O–H groups in total. The van der Waals surface area contributed by atoms with Gasteiger partial charge < -0.3 is 11.1 Å². The van der Waals surface area contributed by atoms with E-state index in [1.807, 2.05) is 24.3 Å². The maximum atomic E-state index is 6.91. The van der Waals surface area contributed by atoms with Gasteiger partial charge in [0.05, 0.1) is 0 Å². The van der Waals surface area contributed by atoms with Crippen LogP contribution in [-0.4, -0.2) is 13.1 Å². The summed E-state index contributed by atoms with van der Waals surface area (Å²) in [5.74, 6) is 2.32. The van der Waals surface area contributed by atoms with Crippen LogP contribution in [0.1, 0.15) is 5.56 Å². The standard InChI is InChI=1S/C10H11N2/c1-2-9-4-3-5-10(8-9)12-7-6-11/h3-5,8,12H,6-7,11H2. The van der Waals surface area contributed by atoms with Crippen LogP contribution >= 0.6 is 0 Å². The predicted molar refractivity (Wildman–Crippen MR) is 50.2 cm³/mol. The molecule has 0 aromatic heterocycles. The number of hydrogen-bond acceptors (Lipinski definition) is 2. The molecule has 1 aromatic carbocycles. The van der Waals surface area contributed by atoms with E-state index < -0.39 is 0 Å². The zero-order valence-electron chi connectivity index (χ0n) is 6.80. The molecule has 2 nitrogen and oxygen atoms in total. The van der Waals surface area contributed by atoms with E-state index in [-0.39, 0.29) is 0 Å². The summed E-state index contributed by atoms with van der Waals surface area (Å²) >= 11 is 0. The summed E-state index contributed by atoms with van der Waals surface area (Å²) in [4.78, 5) is 0. The first kappa shape index (κ1) is 8.63. The molecule has 0 heterocycles. The molecule has 0 aliphatic rings. The van der Waals surface area contributed by atoms with Crippen LogP contribution in [0.5, 0.6) is 0 Å². The van der Waals surface area contributed by atoms with E-state index in [9.17, 15) is 0 Å². The maximum absolute atomic E-state index is 6.91. The average Bonchev–Trinajstić information content (AvgIpc) is 2.15. The van der Waals surface area contributed by atoms with Gasteiger partial charge in [0, 0.05) is 24.3 Å². The monoisotopic (exact) mass is 159 g/mol. The summed E-state index contributed by atoms with van der Waals surface area (Å²) in [5, 5.41) is 3.12. The minimum atomic E-state index is 0.610. The minimum Gasteiger partial charge on any atom is -0.384 e. The fourth-order valence-corrected chi connectivity index (χ4v) is 0.923. The first-order valence-corrected chi connectivity index (χ1v) is 3.83. The van der Waals surface area contributed by atoms with Crippen LogP contribution in [0, 0.1) is 12.3 Å². The van der Waals surface area contributed by atoms with E-state index in [4.69, 9.17) is 12.2 Å². The molecule has 61 valence electrons. The van der Waals surface area contributed by atoms with E-state index in [0.29, 0.717) is 6.54 Å². The molecule has 12 heavy (non-hydrogen) atoms. The molecule has 0 aliphatic carbocycles. The van der Waals surface area contributed by atoms with Crippen LogP contribution in [-0.2, 0) is 0 Å². The molecule has 1 aromatic rings. The average molecular weight is 159 g/mol. The molecular weight excluding hydrogens is 148 g/mol. The second-order valence-electron chi connectivity index (χ2n) is 2.42. The summed E-state index contributed by atoms with van der Waals surface area (Å²) < 4.78 is 0. The van der Waals surface area contributed by atoms with E-state index in [2.05, 4.69) is 11.2 Å². The Balaban J connectivity index is 2.68. The van der Waals surface area contributed by atoms with Gasteiger partial charge in [-0.3, -0.25) is 0 Å². The van der Waals surface area contributed by atoms with Crippen molar-refractivity contribution in [2.24, 2.45) is 5.73 Å². The van der Waals surface area contributed by atoms with Crippen molar-refractivity contribution in [2.45, 2.75) is 0 Å². The van der Waals surface area contributed by atoms with Crippen molar-refractivity contribution in [1.82, 2.24) is 0 Å². The van der Waals surface area contributed by atoms with E-state index in [1.54, 1.807) is 0 Å². The van der Waals surface area contributed by atoms with Crippen molar-refractivity contribution < 1.29 is 0 Å². The largest absolute Gasteiger partial charge is 0.384 e. The van der Waals surface area contributed by atoms with Gasteiger partial charge in [-0.05, 0) is 24.6 Å². The van der Waals surface area contributed by atoms with Crippen molar-refractivity contribution in [3.8, 4) is 5.92 Å². The zero-order chi connectivity index (χ0) is 8.81. The Kier molecular flexibility index (Phi) is 3.18. The molecular formula is C10H11N2. The lowest BCUT2D eigenvalue weighted by Gasteiger charge is -2.03. The van der Waals surface area contributed by atoms with Crippen molar-refractivity contribution in [3.63, 3.8) is 0 Å². The fraction of sp³-hybridized carbons (Fsp3) is 0.200. The third kappa shape index (κ3) is 2.30. The summed E-state index contributed by atoms with van der Waals surface area (Å²) in [6, 6.07) is 7.52. The Morgan fingerprint density at radius 3 is 3.00 bits per heavy atom. The number of rotatable bonds is 3. The van der Waals surface area contributed by atoms with E-state index >= 15 is 0 Å². The normalized spacial score (nSPS) is 9.00. The van der Waals surface area contributed by atoms with Gasteiger partial charge in [-0.15, -0.1) is 0 Å². The molecule has 1 rings (SSSR count). The summed E-state index contributed by atoms with van der Waals surface area (Å²) in [7, 11) is 0. The SMILES string of the molecule is [C]#Cc1cccc(NCCN)c1. The van der Waals surface area contributed by atoms with E-state index in [0.717, 1.165) is 17.8 Å². The molecule has 2 heteroatoms. The molecule has 0 bridgehead atoms. The zero-order valence-corrected chi connectivity index (χ0v) is 6.80. The topological polar surface area (TPSA) is 38.0 Å².